The van der Waals surface area contributed by atoms with Crippen LogP contribution in [0, 0.1) is 5.92 Å². The molecule has 1 saturated carbocycles. The number of carbonyl (C=O) groups excluding carboxylic acids is 2. The molecule has 0 radical (unpaired) electrons. The van der Waals surface area contributed by atoms with Gasteiger partial charge in [0.05, 0.1) is 5.69 Å². The van der Waals surface area contributed by atoms with Gasteiger partial charge in [-0.1, -0.05) is 12.8 Å². The molecule has 1 unspecified atom stereocenters. The number of carboxylic acids is 1. The first-order valence-corrected chi connectivity index (χ1v) is 7.13. The molecule has 7 heteroatoms. The van der Waals surface area contributed by atoms with E-state index in [2.05, 4.69) is 10.6 Å². The fraction of sp³-hybridized carbons (Fsp3) is 0.400. The molecular formula is C15H16N2O5. The van der Waals surface area contributed by atoms with E-state index < -0.39 is 17.9 Å². The molecule has 7 nitrogen and oxygen atoms in total. The number of hydrogen-bond acceptors (Lipinski definition) is 4. The summed E-state index contributed by atoms with van der Waals surface area (Å²) in [6, 6.07) is 3.72. The SMILES string of the molecule is O=C1COc2cc(C(=O)NC(CC3CC3)C(=O)O)ccc2N1. The Morgan fingerprint density at radius 2 is 2.18 bits per heavy atom. The van der Waals surface area contributed by atoms with E-state index in [0.717, 1.165) is 12.8 Å². The lowest BCUT2D eigenvalue weighted by atomic mass is 10.1. The third-order valence-electron chi connectivity index (χ3n) is 3.75. The predicted octanol–water partition coefficient (Wildman–Crippen LogP) is 1.00. The monoisotopic (exact) mass is 304 g/mol. The van der Waals surface area contributed by atoms with Gasteiger partial charge in [0.15, 0.2) is 6.61 Å². The van der Waals surface area contributed by atoms with Crippen LogP contribution in [0.3, 0.4) is 0 Å². The van der Waals surface area contributed by atoms with E-state index in [1.54, 1.807) is 6.07 Å². The lowest BCUT2D eigenvalue weighted by molar-refractivity contribution is -0.139. The van der Waals surface area contributed by atoms with E-state index in [1.165, 1.54) is 12.1 Å². The van der Waals surface area contributed by atoms with Crippen molar-refractivity contribution in [1.29, 1.82) is 0 Å². The molecule has 3 rings (SSSR count). The molecule has 116 valence electrons. The second kappa shape index (κ2) is 5.67. The van der Waals surface area contributed by atoms with Crippen LogP contribution >= 0.6 is 0 Å². The van der Waals surface area contributed by atoms with E-state index in [9.17, 15) is 19.5 Å². The maximum Gasteiger partial charge on any atom is 0.326 e. The van der Waals surface area contributed by atoms with Crippen molar-refractivity contribution in [2.24, 2.45) is 5.92 Å². The number of benzene rings is 1. The van der Waals surface area contributed by atoms with Crippen molar-refractivity contribution in [3.63, 3.8) is 0 Å². The van der Waals surface area contributed by atoms with E-state index >= 15 is 0 Å². The van der Waals surface area contributed by atoms with Crippen LogP contribution in [0.15, 0.2) is 18.2 Å². The molecular weight excluding hydrogens is 288 g/mol. The van der Waals surface area contributed by atoms with Crippen LogP contribution in [-0.4, -0.2) is 35.5 Å². The second-order valence-corrected chi connectivity index (χ2v) is 5.59. The van der Waals surface area contributed by atoms with Crippen LogP contribution in [0.4, 0.5) is 5.69 Å². The van der Waals surface area contributed by atoms with Crippen LogP contribution in [0.1, 0.15) is 29.6 Å². The van der Waals surface area contributed by atoms with Gasteiger partial charge < -0.3 is 20.5 Å². The van der Waals surface area contributed by atoms with Gasteiger partial charge in [0.1, 0.15) is 11.8 Å². The van der Waals surface area contributed by atoms with Crippen molar-refractivity contribution < 1.29 is 24.2 Å². The molecule has 1 fully saturated rings. The predicted molar refractivity (Wildman–Crippen MR) is 76.8 cm³/mol. The van der Waals surface area contributed by atoms with Crippen molar-refractivity contribution in [1.82, 2.24) is 5.32 Å². The summed E-state index contributed by atoms with van der Waals surface area (Å²) >= 11 is 0. The van der Waals surface area contributed by atoms with Crippen LogP contribution < -0.4 is 15.4 Å². The number of nitrogens with one attached hydrogen (secondary N) is 2. The highest BCUT2D eigenvalue weighted by Gasteiger charge is 2.30. The zero-order valence-corrected chi connectivity index (χ0v) is 11.8. The average molecular weight is 304 g/mol. The van der Waals surface area contributed by atoms with Gasteiger partial charge in [-0.3, -0.25) is 9.59 Å². The van der Waals surface area contributed by atoms with E-state index in [-0.39, 0.29) is 12.5 Å². The number of ether oxygens (including phenoxy) is 1. The fourth-order valence-electron chi connectivity index (χ4n) is 2.37. The molecule has 1 aliphatic heterocycles. The van der Waals surface area contributed by atoms with Crippen molar-refractivity contribution in [3.05, 3.63) is 23.8 Å². The molecule has 0 spiro atoms. The minimum Gasteiger partial charge on any atom is -0.482 e. The average Bonchev–Trinajstić information content (AvgIpc) is 3.29. The Bertz CT molecular complexity index is 639. The molecule has 0 bridgehead atoms. The maximum atomic E-state index is 12.2. The zero-order valence-electron chi connectivity index (χ0n) is 11.8. The second-order valence-electron chi connectivity index (χ2n) is 5.59. The molecule has 2 aliphatic rings. The Kier molecular flexibility index (Phi) is 3.70. The first-order chi connectivity index (χ1) is 10.5. The number of carbonyl (C=O) groups is 3. The van der Waals surface area contributed by atoms with Gasteiger partial charge >= 0.3 is 5.97 Å². The topological polar surface area (TPSA) is 105 Å². The van der Waals surface area contributed by atoms with Crippen LogP contribution in [-0.2, 0) is 9.59 Å². The molecule has 1 aromatic rings. The summed E-state index contributed by atoms with van der Waals surface area (Å²) in [7, 11) is 0. The summed E-state index contributed by atoms with van der Waals surface area (Å²) in [5.74, 6) is -0.942. The number of rotatable bonds is 5. The van der Waals surface area contributed by atoms with Gasteiger partial charge in [0, 0.05) is 5.56 Å². The Labute approximate surface area is 126 Å². The van der Waals surface area contributed by atoms with E-state index in [4.69, 9.17) is 4.74 Å². The summed E-state index contributed by atoms with van der Waals surface area (Å²) in [6.45, 7) is -0.0997. The summed E-state index contributed by atoms with van der Waals surface area (Å²) in [6.07, 6.45) is 2.50. The molecule has 3 N–H and O–H groups in total. The number of anilines is 1. The standard InChI is InChI=1S/C15H16N2O5/c18-13-7-22-12-6-9(3-4-10(12)16-13)14(19)17-11(15(20)21)5-8-1-2-8/h3-4,6,8,11H,1-2,5,7H2,(H,16,18)(H,17,19)(H,20,21). The van der Waals surface area contributed by atoms with Gasteiger partial charge in [-0.25, -0.2) is 4.79 Å². The van der Waals surface area contributed by atoms with Crippen LogP contribution in [0.5, 0.6) is 5.75 Å². The Morgan fingerprint density at radius 3 is 2.86 bits per heavy atom. The van der Waals surface area contributed by atoms with Crippen molar-refractivity contribution in [2.75, 3.05) is 11.9 Å². The Hall–Kier alpha value is -2.57. The quantitative estimate of drug-likeness (QED) is 0.752. The summed E-state index contributed by atoms with van der Waals surface area (Å²) in [4.78, 5) is 34.6. The lowest BCUT2D eigenvalue weighted by Crippen LogP contribution is -2.41. The largest absolute Gasteiger partial charge is 0.482 e. The minimum absolute atomic E-state index is 0.0997. The highest BCUT2D eigenvalue weighted by atomic mass is 16.5. The third kappa shape index (κ3) is 3.19. The van der Waals surface area contributed by atoms with Crippen molar-refractivity contribution in [3.8, 4) is 5.75 Å². The number of fused-ring (bicyclic) bond motifs is 1. The number of hydrogen-bond donors (Lipinski definition) is 3. The summed E-state index contributed by atoms with van der Waals surface area (Å²) in [5.41, 5.74) is 0.803. The first kappa shape index (κ1) is 14.4. The van der Waals surface area contributed by atoms with Gasteiger partial charge in [-0.05, 0) is 30.5 Å². The Morgan fingerprint density at radius 1 is 1.41 bits per heavy atom. The fourth-order valence-corrected chi connectivity index (χ4v) is 2.37. The summed E-state index contributed by atoms with van der Waals surface area (Å²) < 4.78 is 5.25. The highest BCUT2D eigenvalue weighted by molar-refractivity contribution is 6.00. The number of amides is 2. The van der Waals surface area contributed by atoms with E-state index in [0.29, 0.717) is 29.3 Å². The lowest BCUT2D eigenvalue weighted by Gasteiger charge is -2.19. The van der Waals surface area contributed by atoms with Crippen LogP contribution in [0.2, 0.25) is 0 Å². The van der Waals surface area contributed by atoms with Crippen LogP contribution in [0.25, 0.3) is 0 Å². The van der Waals surface area contributed by atoms with Gasteiger partial charge in [-0.2, -0.15) is 0 Å². The molecule has 1 atom stereocenters. The molecule has 22 heavy (non-hydrogen) atoms. The zero-order chi connectivity index (χ0) is 15.7. The minimum atomic E-state index is -1.03. The number of carboxylic acid groups (broad SMARTS) is 1. The Balaban J connectivity index is 1.71. The summed E-state index contributed by atoms with van der Waals surface area (Å²) in [5, 5.41) is 14.3. The third-order valence-corrected chi connectivity index (χ3v) is 3.75. The molecule has 2 amide bonds. The van der Waals surface area contributed by atoms with Crippen molar-refractivity contribution in [2.45, 2.75) is 25.3 Å². The molecule has 1 aromatic carbocycles. The smallest absolute Gasteiger partial charge is 0.326 e. The molecule has 0 aromatic heterocycles. The van der Waals surface area contributed by atoms with E-state index in [1.807, 2.05) is 0 Å². The molecule has 0 saturated heterocycles. The maximum absolute atomic E-state index is 12.2. The van der Waals surface area contributed by atoms with Gasteiger partial charge in [-0.15, -0.1) is 0 Å². The van der Waals surface area contributed by atoms with Gasteiger partial charge in [0.25, 0.3) is 11.8 Å². The number of aliphatic carboxylic acids is 1. The van der Waals surface area contributed by atoms with Gasteiger partial charge in [0.2, 0.25) is 0 Å². The normalized spacial score (nSPS) is 17.7. The molecule has 1 aliphatic carbocycles. The first-order valence-electron chi connectivity index (χ1n) is 7.13. The highest BCUT2D eigenvalue weighted by Crippen LogP contribution is 2.33. The molecule has 1 heterocycles. The van der Waals surface area contributed by atoms with Crippen molar-refractivity contribution >= 4 is 23.5 Å².